The number of rotatable bonds is 13. The minimum atomic E-state index is -3.65. The van der Waals surface area contributed by atoms with Crippen LogP contribution in [0.4, 0.5) is 15.3 Å². The van der Waals surface area contributed by atoms with E-state index in [9.17, 15) is 22.8 Å². The normalized spacial score (nSPS) is 10.8. The van der Waals surface area contributed by atoms with Crippen LogP contribution in [0.25, 0.3) is 0 Å². The first-order valence-electron chi connectivity index (χ1n) is 9.73. The monoisotopic (exact) mass is 459 g/mol. The second-order valence-electron chi connectivity index (χ2n) is 6.36. The summed E-state index contributed by atoms with van der Waals surface area (Å²) in [5.41, 5.74) is 1.12. The Morgan fingerprint density at radius 1 is 1.06 bits per heavy atom. The number of unbranched alkanes of at least 4 members (excludes halogenated alkanes) is 1. The molecule has 0 aliphatic carbocycles. The fourth-order valence-corrected chi connectivity index (χ4v) is 3.10. The second-order valence-corrected chi connectivity index (χ2v) is 8.28. The lowest BCUT2D eigenvalue weighted by Crippen LogP contribution is -2.35. The Balaban J connectivity index is 2.33. The van der Waals surface area contributed by atoms with Crippen molar-refractivity contribution in [3.8, 4) is 0 Å². The lowest BCUT2D eigenvalue weighted by Gasteiger charge is -2.10. The van der Waals surface area contributed by atoms with Crippen LogP contribution in [-0.4, -0.2) is 59.1 Å². The zero-order valence-corrected chi connectivity index (χ0v) is 18.5. The van der Waals surface area contributed by atoms with Gasteiger partial charge in [-0.3, -0.25) is 10.1 Å². The Kier molecular flexibility index (Phi) is 12.0. The highest BCUT2D eigenvalue weighted by atomic mass is 32.2. The summed E-state index contributed by atoms with van der Waals surface area (Å²) in [6, 6.07) is 6.69. The SMILES string of the molecule is CCCCOC(=O)Nc1cccc(COC(=O)NCCS(=O)(=O)NCCC(=O)OC)c1. The van der Waals surface area contributed by atoms with E-state index in [-0.39, 0.29) is 31.9 Å². The van der Waals surface area contributed by atoms with E-state index in [4.69, 9.17) is 9.47 Å². The number of methoxy groups -OCH3 is 1. The van der Waals surface area contributed by atoms with Crippen molar-refractivity contribution >= 4 is 33.9 Å². The number of benzene rings is 1. The van der Waals surface area contributed by atoms with Crippen molar-refractivity contribution < 1.29 is 37.0 Å². The van der Waals surface area contributed by atoms with Crippen LogP contribution >= 0.6 is 0 Å². The van der Waals surface area contributed by atoms with Gasteiger partial charge in [-0.15, -0.1) is 0 Å². The van der Waals surface area contributed by atoms with Gasteiger partial charge in [0.2, 0.25) is 10.0 Å². The van der Waals surface area contributed by atoms with E-state index in [1.807, 2.05) is 6.92 Å². The van der Waals surface area contributed by atoms with E-state index in [1.54, 1.807) is 24.3 Å². The van der Waals surface area contributed by atoms with Gasteiger partial charge < -0.3 is 19.5 Å². The third-order valence-corrected chi connectivity index (χ3v) is 5.18. The Hall–Kier alpha value is -2.86. The van der Waals surface area contributed by atoms with E-state index in [0.717, 1.165) is 12.8 Å². The van der Waals surface area contributed by atoms with Gasteiger partial charge in [0.25, 0.3) is 0 Å². The number of esters is 1. The summed E-state index contributed by atoms with van der Waals surface area (Å²) < 4.78 is 40.2. The third kappa shape index (κ3) is 12.4. The molecule has 0 bridgehead atoms. The molecule has 1 aromatic rings. The van der Waals surface area contributed by atoms with Gasteiger partial charge in [0.05, 0.1) is 25.9 Å². The number of nitrogens with one attached hydrogen (secondary N) is 3. The minimum absolute atomic E-state index is 0.0731. The van der Waals surface area contributed by atoms with E-state index in [1.165, 1.54) is 7.11 Å². The summed E-state index contributed by atoms with van der Waals surface area (Å²) >= 11 is 0. The Bertz CT molecular complexity index is 829. The molecule has 12 heteroatoms. The van der Waals surface area contributed by atoms with Gasteiger partial charge in [0.1, 0.15) is 6.61 Å². The molecular weight excluding hydrogens is 430 g/mol. The van der Waals surface area contributed by atoms with Crippen molar-refractivity contribution in [2.24, 2.45) is 0 Å². The van der Waals surface area contributed by atoms with Gasteiger partial charge in [0.15, 0.2) is 0 Å². The molecule has 0 aliphatic heterocycles. The second kappa shape index (κ2) is 14.2. The van der Waals surface area contributed by atoms with Crippen LogP contribution < -0.4 is 15.4 Å². The largest absolute Gasteiger partial charge is 0.469 e. The van der Waals surface area contributed by atoms with Crippen LogP contribution in [0.3, 0.4) is 0 Å². The molecule has 0 radical (unpaired) electrons. The fourth-order valence-electron chi connectivity index (χ4n) is 2.17. The lowest BCUT2D eigenvalue weighted by molar-refractivity contribution is -0.140. The number of alkyl carbamates (subject to hydrolysis) is 1. The van der Waals surface area contributed by atoms with Crippen LogP contribution in [0.1, 0.15) is 31.7 Å². The maximum absolute atomic E-state index is 11.8. The molecule has 0 unspecified atom stereocenters. The maximum Gasteiger partial charge on any atom is 0.411 e. The van der Waals surface area contributed by atoms with Crippen molar-refractivity contribution in [2.45, 2.75) is 32.8 Å². The van der Waals surface area contributed by atoms with Crippen molar-refractivity contribution in [1.82, 2.24) is 10.0 Å². The molecule has 0 saturated heterocycles. The molecule has 0 heterocycles. The first kappa shape index (κ1) is 26.2. The van der Waals surface area contributed by atoms with Gasteiger partial charge in [-0.1, -0.05) is 25.5 Å². The molecule has 3 N–H and O–H groups in total. The first-order chi connectivity index (χ1) is 14.8. The van der Waals surface area contributed by atoms with Crippen LogP contribution in [0.15, 0.2) is 24.3 Å². The molecule has 2 amide bonds. The summed E-state index contributed by atoms with van der Waals surface area (Å²) in [6.07, 6.45) is 0.254. The molecule has 0 aromatic heterocycles. The number of sulfonamides is 1. The molecule has 0 fully saturated rings. The standard InChI is InChI=1S/C19H29N3O8S/c1-3-4-11-29-19(25)22-16-7-5-6-15(13-16)14-30-18(24)20-10-12-31(26,27)21-9-8-17(23)28-2/h5-7,13,21H,3-4,8-12,14H2,1-2H3,(H,20,24)(H,22,25). The molecule has 0 aliphatic rings. The highest BCUT2D eigenvalue weighted by Crippen LogP contribution is 2.12. The van der Waals surface area contributed by atoms with Crippen LogP contribution in [0, 0.1) is 0 Å². The van der Waals surface area contributed by atoms with E-state index < -0.39 is 28.2 Å². The molecule has 31 heavy (non-hydrogen) atoms. The van der Waals surface area contributed by atoms with E-state index >= 15 is 0 Å². The van der Waals surface area contributed by atoms with Gasteiger partial charge >= 0.3 is 18.2 Å². The maximum atomic E-state index is 11.8. The third-order valence-electron chi connectivity index (χ3n) is 3.79. The van der Waals surface area contributed by atoms with Crippen LogP contribution in [0.5, 0.6) is 0 Å². The summed E-state index contributed by atoms with van der Waals surface area (Å²) in [6.45, 7) is 2.00. The van der Waals surface area contributed by atoms with Crippen molar-refractivity contribution in [2.75, 3.05) is 37.9 Å². The fraction of sp³-hybridized carbons (Fsp3) is 0.526. The number of hydrogen-bond acceptors (Lipinski definition) is 8. The predicted octanol–water partition coefficient (Wildman–Crippen LogP) is 1.74. The van der Waals surface area contributed by atoms with Gasteiger partial charge in [-0.25, -0.2) is 22.7 Å². The number of ether oxygens (including phenoxy) is 3. The van der Waals surface area contributed by atoms with Crippen molar-refractivity contribution in [3.05, 3.63) is 29.8 Å². The van der Waals surface area contributed by atoms with Crippen molar-refractivity contribution in [1.29, 1.82) is 0 Å². The number of carbonyl (C=O) groups excluding carboxylic acids is 3. The number of carbonyl (C=O) groups is 3. The lowest BCUT2D eigenvalue weighted by atomic mass is 10.2. The van der Waals surface area contributed by atoms with Crippen molar-refractivity contribution in [3.63, 3.8) is 0 Å². The van der Waals surface area contributed by atoms with E-state index in [2.05, 4.69) is 20.1 Å². The molecule has 0 spiro atoms. The Morgan fingerprint density at radius 2 is 1.84 bits per heavy atom. The highest BCUT2D eigenvalue weighted by molar-refractivity contribution is 7.89. The predicted molar refractivity (Wildman–Crippen MR) is 113 cm³/mol. The molecule has 0 saturated carbocycles. The van der Waals surface area contributed by atoms with Gasteiger partial charge in [-0.05, 0) is 24.1 Å². The average Bonchev–Trinajstić information content (AvgIpc) is 2.72. The number of hydrogen-bond donors (Lipinski definition) is 3. The highest BCUT2D eigenvalue weighted by Gasteiger charge is 2.12. The Labute approximate surface area is 181 Å². The molecule has 1 rings (SSSR count). The Morgan fingerprint density at radius 3 is 2.55 bits per heavy atom. The van der Waals surface area contributed by atoms with Crippen LogP contribution in [-0.2, 0) is 35.6 Å². The molecule has 1 aromatic carbocycles. The first-order valence-corrected chi connectivity index (χ1v) is 11.4. The molecule has 11 nitrogen and oxygen atoms in total. The smallest absolute Gasteiger partial charge is 0.411 e. The van der Waals surface area contributed by atoms with Crippen LogP contribution in [0.2, 0.25) is 0 Å². The zero-order chi connectivity index (χ0) is 23.1. The molecule has 0 atom stereocenters. The molecular formula is C19H29N3O8S. The average molecular weight is 460 g/mol. The molecule has 174 valence electrons. The minimum Gasteiger partial charge on any atom is -0.469 e. The summed E-state index contributed by atoms with van der Waals surface area (Å²) in [5.74, 6) is -0.903. The summed E-state index contributed by atoms with van der Waals surface area (Å²) in [4.78, 5) is 34.4. The van der Waals surface area contributed by atoms with E-state index in [0.29, 0.717) is 17.9 Å². The summed E-state index contributed by atoms with van der Waals surface area (Å²) in [5, 5.41) is 4.92. The van der Waals surface area contributed by atoms with Gasteiger partial charge in [-0.2, -0.15) is 0 Å². The zero-order valence-electron chi connectivity index (χ0n) is 17.6. The number of anilines is 1. The van der Waals surface area contributed by atoms with Gasteiger partial charge in [0, 0.05) is 18.8 Å². The number of amides is 2. The summed E-state index contributed by atoms with van der Waals surface area (Å²) in [7, 11) is -2.44. The quantitative estimate of drug-likeness (QED) is 0.229. The topological polar surface area (TPSA) is 149 Å².